The number of nitrogens with two attached hydrogens (primary N) is 2. The Morgan fingerprint density at radius 3 is 1.98 bits per heavy atom. The van der Waals surface area contributed by atoms with Gasteiger partial charge in [0.2, 0.25) is 0 Å². The summed E-state index contributed by atoms with van der Waals surface area (Å²) >= 11 is 0. The molecule has 4 N–H and O–H groups in total. The summed E-state index contributed by atoms with van der Waals surface area (Å²) in [6.07, 6.45) is 11.3. The topological polar surface area (TPSA) is 57.0 Å². The minimum absolute atomic E-state index is 1.01. The SMILES string of the molecule is C/C=C\C(=C/N)c1ccc(-c2ccc3c4ccc5cc(-c6cccc(C(/C=C\N)=C/C)c6)ccc5c4n(-c4ccccc4)c3c2)cc1. The predicted octanol–water partition coefficient (Wildman–Crippen LogP) is 11.0. The van der Waals surface area contributed by atoms with Crippen LogP contribution in [0.2, 0.25) is 0 Å². The van der Waals surface area contributed by atoms with Crippen LogP contribution < -0.4 is 11.5 Å². The number of allylic oxidation sites excluding steroid dienone is 6. The summed E-state index contributed by atoms with van der Waals surface area (Å²) in [6.45, 7) is 4.04. The van der Waals surface area contributed by atoms with Crippen molar-refractivity contribution in [3.05, 3.63) is 175 Å². The number of benzene rings is 6. The van der Waals surface area contributed by atoms with Crippen LogP contribution in [0.1, 0.15) is 25.0 Å². The van der Waals surface area contributed by atoms with Crippen LogP contribution in [0.3, 0.4) is 0 Å². The molecule has 6 aromatic carbocycles. The number of aromatic nitrogens is 1. The maximum Gasteiger partial charge on any atom is 0.0619 e. The van der Waals surface area contributed by atoms with Gasteiger partial charge in [-0.15, -0.1) is 0 Å². The molecule has 228 valence electrons. The molecule has 0 aliphatic heterocycles. The van der Waals surface area contributed by atoms with Gasteiger partial charge in [-0.25, -0.2) is 0 Å². The van der Waals surface area contributed by atoms with E-state index in [-0.39, 0.29) is 0 Å². The highest BCUT2D eigenvalue weighted by atomic mass is 15.0. The third-order valence-electron chi connectivity index (χ3n) is 8.95. The highest BCUT2D eigenvalue weighted by Crippen LogP contribution is 2.39. The molecular weight excluding hydrogens is 571 g/mol. The fraction of sp³-hybridized carbons (Fsp3) is 0.0455. The molecule has 0 radical (unpaired) electrons. The van der Waals surface area contributed by atoms with Crippen molar-refractivity contribution < 1.29 is 0 Å². The Bertz CT molecular complexity index is 2370. The molecule has 0 spiro atoms. The minimum Gasteiger partial charge on any atom is -0.405 e. The zero-order valence-corrected chi connectivity index (χ0v) is 26.7. The first-order chi connectivity index (χ1) is 23.1. The van der Waals surface area contributed by atoms with E-state index < -0.39 is 0 Å². The molecule has 7 rings (SSSR count). The van der Waals surface area contributed by atoms with Gasteiger partial charge in [0.1, 0.15) is 0 Å². The van der Waals surface area contributed by atoms with Gasteiger partial charge in [-0.05, 0) is 106 Å². The van der Waals surface area contributed by atoms with Crippen LogP contribution in [0.15, 0.2) is 164 Å². The molecule has 7 aromatic rings. The molecule has 0 unspecified atom stereocenters. The second kappa shape index (κ2) is 12.7. The summed E-state index contributed by atoms with van der Waals surface area (Å²) in [5.74, 6) is 0. The lowest BCUT2D eigenvalue weighted by Gasteiger charge is -2.12. The second-order valence-electron chi connectivity index (χ2n) is 11.7. The van der Waals surface area contributed by atoms with Gasteiger partial charge in [0, 0.05) is 28.0 Å². The lowest BCUT2D eigenvalue weighted by Crippen LogP contribution is -1.94. The fourth-order valence-corrected chi connectivity index (χ4v) is 6.66. The number of rotatable bonds is 7. The van der Waals surface area contributed by atoms with Crippen molar-refractivity contribution in [2.75, 3.05) is 0 Å². The van der Waals surface area contributed by atoms with Crippen molar-refractivity contribution in [1.29, 1.82) is 0 Å². The Balaban J connectivity index is 1.40. The Morgan fingerprint density at radius 1 is 0.553 bits per heavy atom. The van der Waals surface area contributed by atoms with Crippen LogP contribution in [0.25, 0.3) is 71.7 Å². The van der Waals surface area contributed by atoms with Crippen LogP contribution in [0.4, 0.5) is 0 Å². The van der Waals surface area contributed by atoms with Gasteiger partial charge in [-0.2, -0.15) is 0 Å². The number of fused-ring (bicyclic) bond motifs is 5. The maximum absolute atomic E-state index is 5.90. The average molecular weight is 608 g/mol. The number of hydrogen-bond acceptors (Lipinski definition) is 2. The first kappa shape index (κ1) is 29.6. The monoisotopic (exact) mass is 607 g/mol. The van der Waals surface area contributed by atoms with E-state index in [0.717, 1.165) is 33.5 Å². The molecule has 1 heterocycles. The molecule has 0 saturated heterocycles. The van der Waals surface area contributed by atoms with Gasteiger partial charge in [0.25, 0.3) is 0 Å². The van der Waals surface area contributed by atoms with Gasteiger partial charge in [0.05, 0.1) is 11.0 Å². The van der Waals surface area contributed by atoms with E-state index in [9.17, 15) is 0 Å². The third-order valence-corrected chi connectivity index (χ3v) is 8.95. The molecule has 0 aliphatic rings. The van der Waals surface area contributed by atoms with E-state index in [1.165, 1.54) is 49.3 Å². The van der Waals surface area contributed by atoms with Crippen LogP contribution in [0.5, 0.6) is 0 Å². The predicted molar refractivity (Wildman–Crippen MR) is 203 cm³/mol. The second-order valence-corrected chi connectivity index (χ2v) is 11.7. The quantitative estimate of drug-likeness (QED) is 0.177. The zero-order chi connectivity index (χ0) is 32.3. The molecule has 0 atom stereocenters. The van der Waals surface area contributed by atoms with Crippen molar-refractivity contribution in [3.63, 3.8) is 0 Å². The number of para-hydroxylation sites is 1. The summed E-state index contributed by atoms with van der Waals surface area (Å²) in [6, 6.07) is 46.1. The molecule has 3 heteroatoms. The summed E-state index contributed by atoms with van der Waals surface area (Å²) in [5.41, 5.74) is 24.2. The molecule has 1 aromatic heterocycles. The highest BCUT2D eigenvalue weighted by molar-refractivity contribution is 6.19. The number of nitrogens with zero attached hydrogens (tertiary/aromatic N) is 1. The van der Waals surface area contributed by atoms with Crippen molar-refractivity contribution in [3.8, 4) is 27.9 Å². The van der Waals surface area contributed by atoms with E-state index in [0.29, 0.717) is 0 Å². The van der Waals surface area contributed by atoms with E-state index in [2.05, 4.69) is 138 Å². The maximum atomic E-state index is 5.90. The molecule has 47 heavy (non-hydrogen) atoms. The van der Waals surface area contributed by atoms with Gasteiger partial charge < -0.3 is 16.0 Å². The van der Waals surface area contributed by atoms with Crippen LogP contribution in [-0.4, -0.2) is 4.57 Å². The number of hydrogen-bond donors (Lipinski definition) is 2. The summed E-state index contributed by atoms with van der Waals surface area (Å²) in [4.78, 5) is 0. The van der Waals surface area contributed by atoms with Gasteiger partial charge in [-0.1, -0.05) is 115 Å². The molecule has 0 bridgehead atoms. The van der Waals surface area contributed by atoms with E-state index in [1.807, 2.05) is 32.1 Å². The summed E-state index contributed by atoms with van der Waals surface area (Å²) < 4.78 is 2.42. The molecule has 3 nitrogen and oxygen atoms in total. The zero-order valence-electron chi connectivity index (χ0n) is 26.7. The van der Waals surface area contributed by atoms with E-state index in [1.54, 1.807) is 12.4 Å². The third kappa shape index (κ3) is 5.43. The Morgan fingerprint density at radius 2 is 1.26 bits per heavy atom. The normalized spacial score (nSPS) is 12.7. The minimum atomic E-state index is 1.01. The molecule has 0 amide bonds. The fourth-order valence-electron chi connectivity index (χ4n) is 6.66. The van der Waals surface area contributed by atoms with Crippen LogP contribution in [0, 0.1) is 0 Å². The lowest BCUT2D eigenvalue weighted by atomic mass is 9.96. The smallest absolute Gasteiger partial charge is 0.0619 e. The van der Waals surface area contributed by atoms with Crippen molar-refractivity contribution in [2.45, 2.75) is 13.8 Å². The summed E-state index contributed by atoms with van der Waals surface area (Å²) in [5, 5.41) is 4.90. The van der Waals surface area contributed by atoms with Crippen molar-refractivity contribution in [1.82, 2.24) is 4.57 Å². The van der Waals surface area contributed by atoms with Gasteiger partial charge in [-0.3, -0.25) is 0 Å². The molecular formula is C44H37N3. The highest BCUT2D eigenvalue weighted by Gasteiger charge is 2.16. The largest absolute Gasteiger partial charge is 0.405 e. The Labute approximate surface area is 276 Å². The van der Waals surface area contributed by atoms with Gasteiger partial charge in [0.15, 0.2) is 0 Å². The van der Waals surface area contributed by atoms with Crippen LogP contribution >= 0.6 is 0 Å². The Kier molecular flexibility index (Phi) is 8.04. The van der Waals surface area contributed by atoms with Crippen molar-refractivity contribution in [2.24, 2.45) is 11.5 Å². The first-order valence-corrected chi connectivity index (χ1v) is 16.0. The lowest BCUT2D eigenvalue weighted by molar-refractivity contribution is 1.19. The molecule has 0 fully saturated rings. The van der Waals surface area contributed by atoms with Crippen molar-refractivity contribution >= 4 is 43.7 Å². The summed E-state index contributed by atoms with van der Waals surface area (Å²) in [7, 11) is 0. The first-order valence-electron chi connectivity index (χ1n) is 16.0. The average Bonchev–Trinajstić information content (AvgIpc) is 3.47. The van der Waals surface area contributed by atoms with Crippen LogP contribution in [-0.2, 0) is 0 Å². The van der Waals surface area contributed by atoms with Gasteiger partial charge >= 0.3 is 0 Å². The molecule has 0 aliphatic carbocycles. The standard InChI is InChI=1S/C44H37N3/c1-3-9-38(29-46)32-16-14-31(15-17-32)36-19-22-41-42-23-20-37-27-35(34-11-8-10-33(26-34)30(4-2)24-25-45)18-21-40(37)44(42)47(43(41)28-36)39-12-6-5-7-13-39/h3-29H,45-46H2,1-2H3/b9-3-,25-24-,30-4+,38-29+. The van der Waals surface area contributed by atoms with E-state index in [4.69, 9.17) is 11.5 Å². The molecule has 0 saturated carbocycles. The van der Waals surface area contributed by atoms with E-state index >= 15 is 0 Å². The Hall–Kier alpha value is -6.06.